The van der Waals surface area contributed by atoms with E-state index in [4.69, 9.17) is 21.1 Å². The lowest BCUT2D eigenvalue weighted by molar-refractivity contribution is -0.137. The number of ether oxygens (including phenoxy) is 2. The standard InChI is InChI=1S/C31H38ClN3O6/c1-3-35(15-14-28-24-17-23(32)11-10-22(24)20-41-28)30(38)9-4-5-16-40-27-8-6-7-21(19-36)25(27)18-34(2)26-12-13-29(37)33-31(26)39/h6-8,10-11,17,19,26,28H,3-5,9,12-16,18,20H2,1-2H3,(H,33,37,39)/t26?,28-/m0/s1. The van der Waals surface area contributed by atoms with Gasteiger partial charge in [-0.3, -0.25) is 29.4 Å². The van der Waals surface area contributed by atoms with E-state index < -0.39 is 6.04 Å². The molecule has 0 radical (unpaired) electrons. The van der Waals surface area contributed by atoms with Crippen LogP contribution in [0.15, 0.2) is 36.4 Å². The van der Waals surface area contributed by atoms with E-state index in [2.05, 4.69) is 5.32 Å². The monoisotopic (exact) mass is 583 g/mol. The molecule has 0 saturated carbocycles. The molecule has 9 nitrogen and oxygen atoms in total. The Kier molecular flexibility index (Phi) is 10.9. The van der Waals surface area contributed by atoms with Crippen LogP contribution in [-0.4, -0.2) is 66.6 Å². The predicted molar refractivity (Wildman–Crippen MR) is 155 cm³/mol. The first-order valence-electron chi connectivity index (χ1n) is 14.2. The number of likely N-dealkylation sites (N-methyl/N-ethyl adjacent to an activating group) is 1. The summed E-state index contributed by atoms with van der Waals surface area (Å²) in [5.74, 6) is 0.0839. The van der Waals surface area contributed by atoms with E-state index in [1.807, 2.05) is 34.9 Å². The molecule has 1 fully saturated rings. The minimum absolute atomic E-state index is 0.0516. The average molecular weight is 584 g/mol. The highest BCUT2D eigenvalue weighted by Crippen LogP contribution is 2.35. The van der Waals surface area contributed by atoms with Gasteiger partial charge in [0.15, 0.2) is 6.29 Å². The molecular weight excluding hydrogens is 546 g/mol. The van der Waals surface area contributed by atoms with Crippen molar-refractivity contribution in [2.24, 2.45) is 0 Å². The van der Waals surface area contributed by atoms with Crippen LogP contribution >= 0.6 is 11.6 Å². The Morgan fingerprint density at radius 3 is 2.80 bits per heavy atom. The number of carbonyl (C=O) groups is 4. The zero-order chi connectivity index (χ0) is 29.4. The summed E-state index contributed by atoms with van der Waals surface area (Å²) in [6.07, 6.45) is 3.93. The number of unbranched alkanes of at least 4 members (excludes halogenated alkanes) is 1. The fourth-order valence-electron chi connectivity index (χ4n) is 5.43. The van der Waals surface area contributed by atoms with Crippen LogP contribution in [0.4, 0.5) is 0 Å². The molecule has 4 rings (SSSR count). The number of halogens is 1. The second-order valence-corrected chi connectivity index (χ2v) is 11.0. The first-order valence-corrected chi connectivity index (χ1v) is 14.6. The van der Waals surface area contributed by atoms with Crippen molar-refractivity contribution < 1.29 is 28.7 Å². The summed E-state index contributed by atoms with van der Waals surface area (Å²) in [7, 11) is 1.79. The third kappa shape index (κ3) is 7.93. The van der Waals surface area contributed by atoms with E-state index in [0.717, 1.165) is 23.8 Å². The van der Waals surface area contributed by atoms with Crippen LogP contribution in [0.5, 0.6) is 5.75 Å². The van der Waals surface area contributed by atoms with E-state index in [0.29, 0.717) is 80.4 Å². The Hall–Kier alpha value is -3.27. The predicted octanol–water partition coefficient (Wildman–Crippen LogP) is 4.45. The molecule has 1 N–H and O–H groups in total. The van der Waals surface area contributed by atoms with Crippen molar-refractivity contribution in [2.45, 2.75) is 70.7 Å². The molecular formula is C31H38ClN3O6. The number of carbonyl (C=O) groups excluding carboxylic acids is 4. The summed E-state index contributed by atoms with van der Waals surface area (Å²) in [6.45, 7) is 4.51. The SMILES string of the molecule is CCN(CC[C@@H]1OCc2ccc(Cl)cc21)C(=O)CCCCOc1cccc(C=O)c1CN(C)C1CCC(=O)NC1=O. The maximum atomic E-state index is 12.9. The van der Waals surface area contributed by atoms with E-state index in [-0.39, 0.29) is 30.2 Å². The second-order valence-electron chi connectivity index (χ2n) is 10.5. The molecule has 2 heterocycles. The van der Waals surface area contributed by atoms with E-state index >= 15 is 0 Å². The van der Waals surface area contributed by atoms with Crippen molar-refractivity contribution in [2.75, 3.05) is 26.7 Å². The Morgan fingerprint density at radius 1 is 1.22 bits per heavy atom. The number of rotatable bonds is 14. The molecule has 10 heteroatoms. The van der Waals surface area contributed by atoms with Crippen molar-refractivity contribution in [3.05, 3.63) is 63.7 Å². The summed E-state index contributed by atoms with van der Waals surface area (Å²) >= 11 is 6.17. The molecule has 2 aromatic carbocycles. The molecule has 2 aliphatic heterocycles. The van der Waals surface area contributed by atoms with Crippen molar-refractivity contribution >= 4 is 35.6 Å². The highest BCUT2D eigenvalue weighted by Gasteiger charge is 2.30. The maximum absolute atomic E-state index is 12.9. The topological polar surface area (TPSA) is 105 Å². The van der Waals surface area contributed by atoms with E-state index in [1.165, 1.54) is 0 Å². The Labute approximate surface area is 246 Å². The summed E-state index contributed by atoms with van der Waals surface area (Å²) in [5.41, 5.74) is 3.45. The van der Waals surface area contributed by atoms with Crippen molar-refractivity contribution in [1.29, 1.82) is 0 Å². The van der Waals surface area contributed by atoms with Crippen molar-refractivity contribution in [1.82, 2.24) is 15.1 Å². The fraction of sp³-hybridized carbons (Fsp3) is 0.484. The third-order valence-electron chi connectivity index (χ3n) is 7.78. The Morgan fingerprint density at radius 2 is 2.05 bits per heavy atom. The zero-order valence-electron chi connectivity index (χ0n) is 23.7. The lowest BCUT2D eigenvalue weighted by atomic mass is 10.0. The van der Waals surface area contributed by atoms with Gasteiger partial charge in [0.25, 0.3) is 0 Å². The number of nitrogens with zero attached hydrogens (tertiary/aromatic N) is 2. The summed E-state index contributed by atoms with van der Waals surface area (Å²) in [5, 5.41) is 3.07. The summed E-state index contributed by atoms with van der Waals surface area (Å²) in [4.78, 5) is 52.1. The number of imide groups is 1. The molecule has 2 atom stereocenters. The van der Waals surface area contributed by atoms with Gasteiger partial charge in [-0.2, -0.15) is 0 Å². The minimum Gasteiger partial charge on any atom is -0.493 e. The highest BCUT2D eigenvalue weighted by atomic mass is 35.5. The van der Waals surface area contributed by atoms with E-state index in [1.54, 1.807) is 25.2 Å². The van der Waals surface area contributed by atoms with Crippen LogP contribution in [0.3, 0.4) is 0 Å². The molecule has 1 saturated heterocycles. The van der Waals surface area contributed by atoms with Gasteiger partial charge in [-0.25, -0.2) is 0 Å². The first-order chi connectivity index (χ1) is 19.8. The number of fused-ring (bicyclic) bond motifs is 1. The Bertz CT molecular complexity index is 1270. The fourth-order valence-corrected chi connectivity index (χ4v) is 5.61. The van der Waals surface area contributed by atoms with Gasteiger partial charge in [0.05, 0.1) is 25.4 Å². The zero-order valence-corrected chi connectivity index (χ0v) is 24.5. The number of piperidine rings is 1. The van der Waals surface area contributed by atoms with Crippen LogP contribution in [0.2, 0.25) is 5.02 Å². The maximum Gasteiger partial charge on any atom is 0.243 e. The molecule has 41 heavy (non-hydrogen) atoms. The molecule has 0 bridgehead atoms. The third-order valence-corrected chi connectivity index (χ3v) is 8.01. The van der Waals surface area contributed by atoms with Gasteiger partial charge >= 0.3 is 0 Å². The lowest BCUT2D eigenvalue weighted by Crippen LogP contribution is -2.51. The molecule has 0 aliphatic carbocycles. The van der Waals surface area contributed by atoms with Gasteiger partial charge in [0.1, 0.15) is 5.75 Å². The van der Waals surface area contributed by atoms with Gasteiger partial charge in [-0.1, -0.05) is 29.8 Å². The molecule has 2 aromatic rings. The lowest BCUT2D eigenvalue weighted by Gasteiger charge is -2.30. The van der Waals surface area contributed by atoms with Gasteiger partial charge in [0.2, 0.25) is 17.7 Å². The summed E-state index contributed by atoms with van der Waals surface area (Å²) in [6, 6.07) is 10.7. The first kappa shape index (κ1) is 30.7. The van der Waals surface area contributed by atoms with Crippen molar-refractivity contribution in [3.63, 3.8) is 0 Å². The number of amides is 3. The number of hydrogen-bond donors (Lipinski definition) is 1. The second kappa shape index (κ2) is 14.6. The highest BCUT2D eigenvalue weighted by molar-refractivity contribution is 6.30. The van der Waals surface area contributed by atoms with Gasteiger partial charge in [-0.05, 0) is 69.0 Å². The molecule has 2 aliphatic rings. The van der Waals surface area contributed by atoms with Gasteiger partial charge in [0, 0.05) is 48.6 Å². The largest absolute Gasteiger partial charge is 0.493 e. The number of nitrogens with one attached hydrogen (secondary N) is 1. The van der Waals surface area contributed by atoms with Crippen molar-refractivity contribution in [3.8, 4) is 5.75 Å². The van der Waals surface area contributed by atoms with Gasteiger partial charge in [-0.15, -0.1) is 0 Å². The van der Waals surface area contributed by atoms with E-state index in [9.17, 15) is 19.2 Å². The van der Waals surface area contributed by atoms with Crippen LogP contribution in [-0.2, 0) is 32.3 Å². The molecule has 3 amide bonds. The summed E-state index contributed by atoms with van der Waals surface area (Å²) < 4.78 is 12.0. The molecule has 1 unspecified atom stereocenters. The molecule has 0 aromatic heterocycles. The van der Waals surface area contributed by atoms with Crippen LogP contribution in [0, 0.1) is 0 Å². The van der Waals surface area contributed by atoms with Gasteiger partial charge < -0.3 is 14.4 Å². The van der Waals surface area contributed by atoms with Crippen LogP contribution in [0.25, 0.3) is 0 Å². The number of aldehydes is 1. The van der Waals surface area contributed by atoms with Crippen LogP contribution in [0.1, 0.15) is 78.6 Å². The molecule has 220 valence electrons. The smallest absolute Gasteiger partial charge is 0.243 e. The number of benzene rings is 2. The minimum atomic E-state index is -0.458. The van der Waals surface area contributed by atoms with Crippen LogP contribution < -0.4 is 10.1 Å². The number of hydrogen-bond acceptors (Lipinski definition) is 7. The molecule has 0 spiro atoms. The quantitative estimate of drug-likeness (QED) is 0.199. The average Bonchev–Trinajstić information content (AvgIpc) is 3.35. The Balaban J connectivity index is 1.24. The normalized spacial score (nSPS) is 18.2.